The summed E-state index contributed by atoms with van der Waals surface area (Å²) in [6.07, 6.45) is 0.280. The Balaban J connectivity index is 2.39. The Morgan fingerprint density at radius 2 is 2.05 bits per heavy atom. The highest BCUT2D eigenvalue weighted by molar-refractivity contribution is 6.30. The number of carbonyl (C=O) groups excluding carboxylic acids is 1. The molecule has 0 fully saturated rings. The van der Waals surface area contributed by atoms with Crippen molar-refractivity contribution in [2.24, 2.45) is 5.92 Å². The Morgan fingerprint density at radius 1 is 1.35 bits per heavy atom. The van der Waals surface area contributed by atoms with Gasteiger partial charge in [-0.2, -0.15) is 0 Å². The van der Waals surface area contributed by atoms with Gasteiger partial charge in [0.15, 0.2) is 6.10 Å². The average Bonchev–Trinajstić information content (AvgIpc) is 2.35. The summed E-state index contributed by atoms with van der Waals surface area (Å²) in [6, 6.07) is 6.97. The highest BCUT2D eigenvalue weighted by atomic mass is 35.5. The Kier molecular flexibility index (Phi) is 7.17. The molecule has 2 atom stereocenters. The van der Waals surface area contributed by atoms with Crippen LogP contribution in [0.5, 0.6) is 5.75 Å². The van der Waals surface area contributed by atoms with E-state index in [0.29, 0.717) is 23.2 Å². The monoisotopic (exact) mass is 317 g/mol. The first-order valence-electron chi connectivity index (χ1n) is 6.72. The quantitative estimate of drug-likeness (QED) is 0.775. The van der Waals surface area contributed by atoms with Crippen LogP contribution in [0.4, 0.5) is 0 Å². The summed E-state index contributed by atoms with van der Waals surface area (Å²) in [5.74, 6) is 0.902. The molecule has 0 heterocycles. The average molecular weight is 318 g/mol. The second-order valence-corrected chi connectivity index (χ2v) is 6.24. The summed E-state index contributed by atoms with van der Waals surface area (Å²) >= 11 is 12.0. The molecule has 1 rings (SSSR count). The van der Waals surface area contributed by atoms with E-state index in [-0.39, 0.29) is 11.3 Å². The van der Waals surface area contributed by atoms with Gasteiger partial charge >= 0.3 is 0 Å². The summed E-state index contributed by atoms with van der Waals surface area (Å²) in [6.45, 7) is 6.34. The standard InChI is InChI=1S/C15H21Cl2NO2/c1-10(2)7-13(17)9-18-15(19)11(3)20-14-6-4-5-12(16)8-14/h4-6,8,10-11,13H,7,9H2,1-3H3,(H,18,19). The molecule has 1 amide bonds. The Hall–Kier alpha value is -0.930. The van der Waals surface area contributed by atoms with Crippen molar-refractivity contribution in [1.29, 1.82) is 0 Å². The van der Waals surface area contributed by atoms with Gasteiger partial charge in [0.1, 0.15) is 5.75 Å². The van der Waals surface area contributed by atoms with Gasteiger partial charge in [0, 0.05) is 11.6 Å². The van der Waals surface area contributed by atoms with Crippen LogP contribution in [0.2, 0.25) is 5.02 Å². The van der Waals surface area contributed by atoms with Crippen molar-refractivity contribution in [1.82, 2.24) is 5.32 Å². The molecule has 0 aliphatic heterocycles. The number of alkyl halides is 1. The third-order valence-electron chi connectivity index (χ3n) is 2.70. The van der Waals surface area contributed by atoms with Crippen molar-refractivity contribution in [2.75, 3.05) is 6.54 Å². The normalized spacial score (nSPS) is 13.9. The molecule has 2 unspecified atom stereocenters. The molecule has 20 heavy (non-hydrogen) atoms. The number of carbonyl (C=O) groups is 1. The van der Waals surface area contributed by atoms with Crippen molar-refractivity contribution in [3.8, 4) is 5.75 Å². The summed E-state index contributed by atoms with van der Waals surface area (Å²) in [5.41, 5.74) is 0. The molecule has 0 spiro atoms. The zero-order valence-electron chi connectivity index (χ0n) is 12.0. The maximum absolute atomic E-state index is 11.9. The predicted octanol–water partition coefficient (Wildman–Crippen LogP) is 3.88. The van der Waals surface area contributed by atoms with Gasteiger partial charge in [-0.1, -0.05) is 31.5 Å². The summed E-state index contributed by atoms with van der Waals surface area (Å²) in [7, 11) is 0. The Bertz CT molecular complexity index is 438. The largest absolute Gasteiger partial charge is 0.481 e. The molecule has 5 heteroatoms. The first-order valence-corrected chi connectivity index (χ1v) is 7.54. The minimum absolute atomic E-state index is 0.0580. The van der Waals surface area contributed by atoms with Crippen LogP contribution in [0.3, 0.4) is 0 Å². The Labute approximate surface area is 130 Å². The van der Waals surface area contributed by atoms with Gasteiger partial charge in [-0.25, -0.2) is 0 Å². The second-order valence-electron chi connectivity index (χ2n) is 5.19. The van der Waals surface area contributed by atoms with Crippen molar-refractivity contribution in [2.45, 2.75) is 38.7 Å². The molecule has 1 aromatic rings. The first kappa shape index (κ1) is 17.1. The van der Waals surface area contributed by atoms with Gasteiger partial charge in [-0.3, -0.25) is 4.79 Å². The molecular formula is C15H21Cl2NO2. The zero-order valence-corrected chi connectivity index (χ0v) is 13.5. The van der Waals surface area contributed by atoms with Crippen LogP contribution in [0, 0.1) is 5.92 Å². The second kappa shape index (κ2) is 8.38. The topological polar surface area (TPSA) is 38.3 Å². The lowest BCUT2D eigenvalue weighted by Gasteiger charge is -2.17. The van der Waals surface area contributed by atoms with Gasteiger partial charge < -0.3 is 10.1 Å². The SMILES string of the molecule is CC(C)CC(Cl)CNC(=O)C(C)Oc1cccc(Cl)c1. The third-order valence-corrected chi connectivity index (χ3v) is 3.27. The number of nitrogens with one attached hydrogen (secondary N) is 1. The fourth-order valence-corrected chi connectivity index (χ4v) is 2.36. The van der Waals surface area contributed by atoms with Gasteiger partial charge in [-0.05, 0) is 37.5 Å². The van der Waals surface area contributed by atoms with E-state index >= 15 is 0 Å². The lowest BCUT2D eigenvalue weighted by Crippen LogP contribution is -2.39. The molecule has 1 N–H and O–H groups in total. The molecule has 3 nitrogen and oxygen atoms in total. The molecule has 1 aromatic carbocycles. The van der Waals surface area contributed by atoms with E-state index in [0.717, 1.165) is 6.42 Å². The number of hydrogen-bond donors (Lipinski definition) is 1. The first-order chi connectivity index (χ1) is 9.38. The fraction of sp³-hybridized carbons (Fsp3) is 0.533. The van der Waals surface area contributed by atoms with Crippen LogP contribution in [0.25, 0.3) is 0 Å². The van der Waals surface area contributed by atoms with Crippen molar-refractivity contribution >= 4 is 29.1 Å². The molecule has 0 aliphatic rings. The number of halogens is 2. The fourth-order valence-electron chi connectivity index (χ4n) is 1.75. The highest BCUT2D eigenvalue weighted by Crippen LogP contribution is 2.18. The minimum Gasteiger partial charge on any atom is -0.481 e. The molecule has 0 saturated carbocycles. The maximum Gasteiger partial charge on any atom is 0.260 e. The van der Waals surface area contributed by atoms with Crippen LogP contribution >= 0.6 is 23.2 Å². The third kappa shape index (κ3) is 6.49. The van der Waals surface area contributed by atoms with E-state index < -0.39 is 6.10 Å². The zero-order chi connectivity index (χ0) is 15.1. The number of amides is 1. The lowest BCUT2D eigenvalue weighted by atomic mass is 10.1. The molecule has 0 bridgehead atoms. The van der Waals surface area contributed by atoms with E-state index in [2.05, 4.69) is 19.2 Å². The van der Waals surface area contributed by atoms with Crippen LogP contribution in [-0.4, -0.2) is 23.9 Å². The number of rotatable bonds is 7. The van der Waals surface area contributed by atoms with Crippen LogP contribution < -0.4 is 10.1 Å². The summed E-state index contributed by atoms with van der Waals surface area (Å²) < 4.78 is 5.53. The summed E-state index contributed by atoms with van der Waals surface area (Å²) in [5, 5.41) is 3.31. The lowest BCUT2D eigenvalue weighted by molar-refractivity contribution is -0.127. The Morgan fingerprint density at radius 3 is 2.65 bits per heavy atom. The molecular weight excluding hydrogens is 297 g/mol. The van der Waals surface area contributed by atoms with Gasteiger partial charge in [0.05, 0.1) is 5.38 Å². The minimum atomic E-state index is -0.587. The number of benzene rings is 1. The van der Waals surface area contributed by atoms with Crippen LogP contribution in [0.1, 0.15) is 27.2 Å². The van der Waals surface area contributed by atoms with E-state index in [1.807, 2.05) is 0 Å². The maximum atomic E-state index is 11.9. The number of ether oxygens (including phenoxy) is 1. The summed E-state index contributed by atoms with van der Waals surface area (Å²) in [4.78, 5) is 11.9. The highest BCUT2D eigenvalue weighted by Gasteiger charge is 2.16. The van der Waals surface area contributed by atoms with E-state index in [1.54, 1.807) is 31.2 Å². The van der Waals surface area contributed by atoms with Crippen molar-refractivity contribution in [3.63, 3.8) is 0 Å². The van der Waals surface area contributed by atoms with Crippen molar-refractivity contribution in [3.05, 3.63) is 29.3 Å². The van der Waals surface area contributed by atoms with E-state index in [9.17, 15) is 4.79 Å². The van der Waals surface area contributed by atoms with Gasteiger partial charge in [0.2, 0.25) is 0 Å². The molecule has 0 saturated heterocycles. The van der Waals surface area contributed by atoms with Gasteiger partial charge in [-0.15, -0.1) is 11.6 Å². The van der Waals surface area contributed by atoms with Crippen LogP contribution in [-0.2, 0) is 4.79 Å². The van der Waals surface area contributed by atoms with E-state index in [4.69, 9.17) is 27.9 Å². The molecule has 0 aromatic heterocycles. The van der Waals surface area contributed by atoms with E-state index in [1.165, 1.54) is 0 Å². The van der Waals surface area contributed by atoms with Gasteiger partial charge in [0.25, 0.3) is 5.91 Å². The molecule has 0 radical (unpaired) electrons. The molecule has 112 valence electrons. The molecule has 0 aliphatic carbocycles. The van der Waals surface area contributed by atoms with Crippen molar-refractivity contribution < 1.29 is 9.53 Å². The predicted molar refractivity (Wildman–Crippen MR) is 83.6 cm³/mol. The number of hydrogen-bond acceptors (Lipinski definition) is 2. The smallest absolute Gasteiger partial charge is 0.260 e. The van der Waals surface area contributed by atoms with Crippen LogP contribution in [0.15, 0.2) is 24.3 Å².